The summed E-state index contributed by atoms with van der Waals surface area (Å²) in [6, 6.07) is 7.42. The predicted molar refractivity (Wildman–Crippen MR) is 92.4 cm³/mol. The van der Waals surface area contributed by atoms with Gasteiger partial charge in [-0.3, -0.25) is 9.78 Å². The summed E-state index contributed by atoms with van der Waals surface area (Å²) in [5, 5.41) is 9.31. The third kappa shape index (κ3) is 3.08. The monoisotopic (exact) mass is 324 g/mol. The van der Waals surface area contributed by atoms with Crippen LogP contribution in [0.1, 0.15) is 29.3 Å². The van der Waals surface area contributed by atoms with Crippen LogP contribution in [0.15, 0.2) is 23.0 Å². The van der Waals surface area contributed by atoms with Gasteiger partial charge in [0.2, 0.25) is 5.95 Å². The minimum atomic E-state index is -0.145. The number of nitrogens with one attached hydrogen (secondary N) is 1. The molecule has 1 saturated heterocycles. The molecule has 0 amide bonds. The van der Waals surface area contributed by atoms with Crippen LogP contribution in [-0.4, -0.2) is 42.1 Å². The molecule has 2 aromatic rings. The van der Waals surface area contributed by atoms with Gasteiger partial charge in [0.25, 0.3) is 5.56 Å². The first-order valence-corrected chi connectivity index (χ1v) is 7.89. The molecule has 0 aromatic carbocycles. The zero-order valence-corrected chi connectivity index (χ0v) is 14.1. The van der Waals surface area contributed by atoms with Gasteiger partial charge in [0.1, 0.15) is 11.9 Å². The lowest BCUT2D eigenvalue weighted by molar-refractivity contribution is 0.733. The van der Waals surface area contributed by atoms with Gasteiger partial charge in [-0.15, -0.1) is 0 Å². The highest BCUT2D eigenvalue weighted by Crippen LogP contribution is 2.30. The second kappa shape index (κ2) is 6.32. The Morgan fingerprint density at radius 3 is 2.88 bits per heavy atom. The lowest BCUT2D eigenvalue weighted by Crippen LogP contribution is -2.23. The number of aryl methyl sites for hydroxylation is 1. The average molecular weight is 324 g/mol. The molecule has 7 nitrogen and oxygen atoms in total. The van der Waals surface area contributed by atoms with Crippen molar-refractivity contribution in [2.24, 2.45) is 0 Å². The topological polar surface area (TPSA) is 88.9 Å². The van der Waals surface area contributed by atoms with Gasteiger partial charge in [-0.2, -0.15) is 5.26 Å². The summed E-state index contributed by atoms with van der Waals surface area (Å²) in [6.07, 6.45) is 0.879. The number of nitriles is 1. The summed E-state index contributed by atoms with van der Waals surface area (Å²) in [5.74, 6) is 1.43. The Bertz CT molecular complexity index is 851. The fourth-order valence-electron chi connectivity index (χ4n) is 2.95. The summed E-state index contributed by atoms with van der Waals surface area (Å²) >= 11 is 0. The second-order valence-electron chi connectivity index (χ2n) is 6.26. The van der Waals surface area contributed by atoms with E-state index < -0.39 is 0 Å². The van der Waals surface area contributed by atoms with Crippen molar-refractivity contribution < 1.29 is 0 Å². The summed E-state index contributed by atoms with van der Waals surface area (Å²) in [5.41, 5.74) is 2.11. The molecule has 0 bridgehead atoms. The minimum absolute atomic E-state index is 0.145. The van der Waals surface area contributed by atoms with Crippen LogP contribution in [0.4, 0.5) is 11.8 Å². The molecule has 0 spiro atoms. The van der Waals surface area contributed by atoms with Crippen LogP contribution >= 0.6 is 0 Å². The van der Waals surface area contributed by atoms with E-state index in [2.05, 4.69) is 25.9 Å². The summed E-state index contributed by atoms with van der Waals surface area (Å²) in [4.78, 5) is 27.6. The van der Waals surface area contributed by atoms with E-state index in [1.54, 1.807) is 17.0 Å². The lowest BCUT2D eigenvalue weighted by Gasteiger charge is -2.19. The molecular weight excluding hydrogens is 304 g/mol. The number of anilines is 2. The molecule has 3 rings (SSSR count). The zero-order chi connectivity index (χ0) is 17.3. The Kier molecular flexibility index (Phi) is 4.21. The van der Waals surface area contributed by atoms with Gasteiger partial charge in [-0.05, 0) is 25.5 Å². The summed E-state index contributed by atoms with van der Waals surface area (Å²) < 4.78 is 0. The van der Waals surface area contributed by atoms with E-state index in [4.69, 9.17) is 0 Å². The van der Waals surface area contributed by atoms with E-state index in [-0.39, 0.29) is 11.5 Å². The molecule has 24 heavy (non-hydrogen) atoms. The third-order valence-electron chi connectivity index (χ3n) is 4.21. The van der Waals surface area contributed by atoms with Crippen LogP contribution in [0.5, 0.6) is 0 Å². The fraction of sp³-hybridized carbons (Fsp3) is 0.412. The Balaban J connectivity index is 1.88. The van der Waals surface area contributed by atoms with Gasteiger partial charge in [0.15, 0.2) is 0 Å². The van der Waals surface area contributed by atoms with Crippen molar-refractivity contribution in [3.63, 3.8) is 0 Å². The number of aromatic amines is 1. The Labute approximate surface area is 140 Å². The van der Waals surface area contributed by atoms with E-state index in [1.807, 2.05) is 27.1 Å². The molecule has 1 aliphatic heterocycles. The van der Waals surface area contributed by atoms with Gasteiger partial charge in [0, 0.05) is 44.9 Å². The predicted octanol–water partition coefficient (Wildman–Crippen LogP) is 1.40. The van der Waals surface area contributed by atoms with Gasteiger partial charge in [0.05, 0.1) is 11.3 Å². The normalized spacial score (nSPS) is 16.9. The number of pyridine rings is 1. The molecule has 1 aliphatic rings. The maximum atomic E-state index is 11.9. The number of rotatable bonds is 3. The van der Waals surface area contributed by atoms with E-state index in [0.29, 0.717) is 18.1 Å². The maximum absolute atomic E-state index is 11.9. The average Bonchev–Trinajstić information content (AvgIpc) is 3.04. The SMILES string of the molecule is Cc1ccc(C#N)c(N2CCC(c3cc(=O)[nH]c(N(C)C)n3)C2)n1. The smallest absolute Gasteiger partial charge is 0.252 e. The molecule has 1 unspecified atom stereocenters. The second-order valence-corrected chi connectivity index (χ2v) is 6.26. The molecule has 1 atom stereocenters. The fourth-order valence-corrected chi connectivity index (χ4v) is 2.95. The summed E-state index contributed by atoms with van der Waals surface area (Å²) in [7, 11) is 3.69. The van der Waals surface area contributed by atoms with Gasteiger partial charge in [-0.1, -0.05) is 0 Å². The number of nitrogens with zero attached hydrogens (tertiary/aromatic N) is 5. The number of hydrogen-bond donors (Lipinski definition) is 1. The van der Waals surface area contributed by atoms with Crippen LogP contribution in [-0.2, 0) is 0 Å². The first-order chi connectivity index (χ1) is 11.5. The molecule has 0 radical (unpaired) electrons. The Hall–Kier alpha value is -2.88. The van der Waals surface area contributed by atoms with Crippen molar-refractivity contribution in [1.29, 1.82) is 5.26 Å². The van der Waals surface area contributed by atoms with Crippen molar-refractivity contribution in [2.45, 2.75) is 19.3 Å². The number of hydrogen-bond acceptors (Lipinski definition) is 6. The van der Waals surface area contributed by atoms with Crippen molar-refractivity contribution in [3.05, 3.63) is 45.5 Å². The van der Waals surface area contributed by atoms with E-state index >= 15 is 0 Å². The largest absolute Gasteiger partial charge is 0.355 e. The minimum Gasteiger partial charge on any atom is -0.355 e. The molecule has 1 fully saturated rings. The maximum Gasteiger partial charge on any atom is 0.252 e. The standard InChI is InChI=1S/C17H20N6O/c1-11-4-5-12(9-18)16(19-11)23-7-6-13(10-23)14-8-15(24)21-17(20-14)22(2)3/h4-5,8,13H,6-7,10H2,1-3H3,(H,20,21,24). The molecule has 7 heteroatoms. The van der Waals surface area contributed by atoms with Gasteiger partial charge in [-0.25, -0.2) is 9.97 Å². The molecule has 0 aliphatic carbocycles. The van der Waals surface area contributed by atoms with Crippen molar-refractivity contribution in [1.82, 2.24) is 15.0 Å². The van der Waals surface area contributed by atoms with E-state index in [0.717, 1.165) is 30.2 Å². The molecule has 2 aromatic heterocycles. The highest BCUT2D eigenvalue weighted by atomic mass is 16.1. The Morgan fingerprint density at radius 1 is 1.38 bits per heavy atom. The first-order valence-electron chi connectivity index (χ1n) is 7.89. The van der Waals surface area contributed by atoms with Gasteiger partial charge < -0.3 is 9.80 Å². The van der Waals surface area contributed by atoms with Gasteiger partial charge >= 0.3 is 0 Å². The zero-order valence-electron chi connectivity index (χ0n) is 14.1. The third-order valence-corrected chi connectivity index (χ3v) is 4.21. The van der Waals surface area contributed by atoms with E-state index in [1.165, 1.54) is 0 Å². The molecule has 3 heterocycles. The van der Waals surface area contributed by atoms with Crippen LogP contribution in [0, 0.1) is 18.3 Å². The van der Waals surface area contributed by atoms with Crippen molar-refractivity contribution in [3.8, 4) is 6.07 Å². The van der Waals surface area contributed by atoms with E-state index in [9.17, 15) is 10.1 Å². The highest BCUT2D eigenvalue weighted by Gasteiger charge is 2.28. The Morgan fingerprint density at radius 2 is 2.17 bits per heavy atom. The number of aromatic nitrogens is 3. The molecule has 124 valence electrons. The quantitative estimate of drug-likeness (QED) is 0.918. The molecule has 0 saturated carbocycles. The van der Waals surface area contributed by atoms with Crippen LogP contribution < -0.4 is 15.4 Å². The molecular formula is C17H20N6O. The van der Waals surface area contributed by atoms with Crippen LogP contribution in [0.2, 0.25) is 0 Å². The van der Waals surface area contributed by atoms with Crippen molar-refractivity contribution in [2.75, 3.05) is 37.0 Å². The van der Waals surface area contributed by atoms with Crippen LogP contribution in [0.25, 0.3) is 0 Å². The number of H-pyrrole nitrogens is 1. The first kappa shape index (κ1) is 16.0. The van der Waals surface area contributed by atoms with Crippen LogP contribution in [0.3, 0.4) is 0 Å². The lowest BCUT2D eigenvalue weighted by atomic mass is 10.1. The summed E-state index contributed by atoms with van der Waals surface area (Å²) in [6.45, 7) is 3.41. The highest BCUT2D eigenvalue weighted by molar-refractivity contribution is 5.55. The van der Waals surface area contributed by atoms with Crippen molar-refractivity contribution >= 4 is 11.8 Å². The molecule has 1 N–H and O–H groups in total.